The van der Waals surface area contributed by atoms with Crippen LogP contribution < -0.4 is 9.47 Å². The highest BCUT2D eigenvalue weighted by Crippen LogP contribution is 2.46. The van der Waals surface area contributed by atoms with Crippen LogP contribution in [0.15, 0.2) is 12.1 Å². The van der Waals surface area contributed by atoms with Crippen LogP contribution in [0.3, 0.4) is 0 Å². The third-order valence-electron chi connectivity index (χ3n) is 7.71. The van der Waals surface area contributed by atoms with Gasteiger partial charge in [-0.3, -0.25) is 0 Å². The van der Waals surface area contributed by atoms with Gasteiger partial charge in [-0.05, 0) is 67.6 Å². The number of unbranched alkanes of at least 4 members (excludes halogenated alkanes) is 9. The van der Waals surface area contributed by atoms with Gasteiger partial charge < -0.3 is 9.47 Å². The van der Waals surface area contributed by atoms with E-state index in [9.17, 15) is 0 Å². The van der Waals surface area contributed by atoms with Crippen molar-refractivity contribution in [3.63, 3.8) is 0 Å². The number of rotatable bonds is 14. The van der Waals surface area contributed by atoms with Crippen LogP contribution in [0.25, 0.3) is 0 Å². The van der Waals surface area contributed by atoms with Crippen molar-refractivity contribution in [2.75, 3.05) is 6.61 Å². The molecule has 0 saturated heterocycles. The molecule has 1 unspecified atom stereocenters. The molecular weight excluding hydrogens is 416 g/mol. The molecule has 0 N–H and O–H groups in total. The van der Waals surface area contributed by atoms with E-state index in [1.165, 1.54) is 68.9 Å². The molecule has 2 rings (SSSR count). The van der Waals surface area contributed by atoms with Gasteiger partial charge in [0, 0.05) is 5.56 Å². The molecule has 2 heteroatoms. The first-order valence-corrected chi connectivity index (χ1v) is 14.3. The van der Waals surface area contributed by atoms with Crippen LogP contribution in [0.1, 0.15) is 144 Å². The zero-order chi connectivity index (χ0) is 25.4. The lowest BCUT2D eigenvalue weighted by Gasteiger charge is -2.40. The summed E-state index contributed by atoms with van der Waals surface area (Å²) in [5, 5.41) is 0. The largest absolute Gasteiger partial charge is 0.493 e. The van der Waals surface area contributed by atoms with E-state index in [4.69, 9.17) is 9.47 Å². The van der Waals surface area contributed by atoms with Crippen LogP contribution >= 0.6 is 0 Å². The lowest BCUT2D eigenvalue weighted by Crippen LogP contribution is -2.40. The van der Waals surface area contributed by atoms with Gasteiger partial charge >= 0.3 is 0 Å². The van der Waals surface area contributed by atoms with E-state index in [1.807, 2.05) is 0 Å². The van der Waals surface area contributed by atoms with Gasteiger partial charge in [0.2, 0.25) is 0 Å². The summed E-state index contributed by atoms with van der Waals surface area (Å²) in [7, 11) is 0. The minimum absolute atomic E-state index is 0.0248. The van der Waals surface area contributed by atoms with Gasteiger partial charge in [0.05, 0.1) is 6.61 Å². The fourth-order valence-corrected chi connectivity index (χ4v) is 5.66. The number of hydrogen-bond donors (Lipinski definition) is 0. The second-order valence-electron chi connectivity index (χ2n) is 13.4. The third-order valence-corrected chi connectivity index (χ3v) is 7.71. The summed E-state index contributed by atoms with van der Waals surface area (Å²) in [4.78, 5) is 0. The van der Waals surface area contributed by atoms with Gasteiger partial charge in [-0.1, -0.05) is 106 Å². The Morgan fingerprint density at radius 2 is 1.44 bits per heavy atom. The Kier molecular flexibility index (Phi) is 10.8. The van der Waals surface area contributed by atoms with Gasteiger partial charge in [0.25, 0.3) is 0 Å². The minimum Gasteiger partial charge on any atom is -0.493 e. The summed E-state index contributed by atoms with van der Waals surface area (Å²) in [6.07, 6.45) is 15.7. The van der Waals surface area contributed by atoms with Crippen LogP contribution in [0.2, 0.25) is 0 Å². The average molecular weight is 473 g/mol. The molecule has 1 heterocycles. The number of fused-ring (bicyclic) bond motifs is 1. The van der Waals surface area contributed by atoms with Crippen molar-refractivity contribution >= 4 is 0 Å². The zero-order valence-corrected chi connectivity index (χ0v) is 24.2. The number of hydrogen-bond acceptors (Lipinski definition) is 2. The Labute approximate surface area is 212 Å². The molecule has 1 aromatic rings. The van der Waals surface area contributed by atoms with Crippen molar-refractivity contribution < 1.29 is 9.47 Å². The molecule has 196 valence electrons. The lowest BCUT2D eigenvalue weighted by molar-refractivity contribution is 0.0350. The molecule has 1 atom stereocenters. The molecule has 0 amide bonds. The Morgan fingerprint density at radius 3 is 2.00 bits per heavy atom. The topological polar surface area (TPSA) is 18.5 Å². The van der Waals surface area contributed by atoms with Crippen LogP contribution in [0, 0.1) is 11.3 Å². The second kappa shape index (κ2) is 12.7. The van der Waals surface area contributed by atoms with E-state index in [-0.39, 0.29) is 16.4 Å². The molecule has 0 radical (unpaired) electrons. The molecule has 2 nitrogen and oxygen atoms in total. The number of benzene rings is 1. The first-order chi connectivity index (χ1) is 15.9. The maximum absolute atomic E-state index is 6.51. The highest BCUT2D eigenvalue weighted by atomic mass is 16.5. The minimum atomic E-state index is -0.128. The van der Waals surface area contributed by atoms with Crippen LogP contribution in [-0.2, 0) is 11.8 Å². The summed E-state index contributed by atoms with van der Waals surface area (Å²) < 4.78 is 13.0. The van der Waals surface area contributed by atoms with Crippen molar-refractivity contribution in [1.82, 2.24) is 0 Å². The normalized spacial score (nSPS) is 17.9. The summed E-state index contributed by atoms with van der Waals surface area (Å²) >= 11 is 0. The molecule has 0 aromatic heterocycles. The van der Waals surface area contributed by atoms with E-state index in [2.05, 4.69) is 74.4 Å². The lowest BCUT2D eigenvalue weighted by atomic mass is 9.71. The molecule has 1 aliphatic rings. The van der Waals surface area contributed by atoms with Crippen molar-refractivity contribution in [3.8, 4) is 11.5 Å². The zero-order valence-electron chi connectivity index (χ0n) is 24.2. The predicted molar refractivity (Wildman–Crippen MR) is 148 cm³/mol. The Balaban J connectivity index is 2.00. The van der Waals surface area contributed by atoms with E-state index in [0.29, 0.717) is 5.92 Å². The quantitative estimate of drug-likeness (QED) is 0.251. The van der Waals surface area contributed by atoms with Gasteiger partial charge in [-0.25, -0.2) is 0 Å². The predicted octanol–water partition coefficient (Wildman–Crippen LogP) is 10.0. The van der Waals surface area contributed by atoms with Gasteiger partial charge in [0.15, 0.2) is 0 Å². The summed E-state index contributed by atoms with van der Waals surface area (Å²) in [5.74, 6) is 2.63. The summed E-state index contributed by atoms with van der Waals surface area (Å²) in [6.45, 7) is 21.6. The summed E-state index contributed by atoms with van der Waals surface area (Å²) in [6, 6.07) is 4.61. The van der Waals surface area contributed by atoms with Gasteiger partial charge in [-0.15, -0.1) is 0 Å². The van der Waals surface area contributed by atoms with Crippen molar-refractivity contribution in [3.05, 3.63) is 23.3 Å². The fraction of sp³-hybridized carbons (Fsp3) is 0.812. The van der Waals surface area contributed by atoms with Crippen molar-refractivity contribution in [2.24, 2.45) is 11.3 Å². The summed E-state index contributed by atoms with van der Waals surface area (Å²) in [5.41, 5.74) is 2.76. The molecule has 1 aromatic carbocycles. The highest BCUT2D eigenvalue weighted by Gasteiger charge is 2.37. The van der Waals surface area contributed by atoms with Crippen LogP contribution in [0.5, 0.6) is 11.5 Å². The molecule has 1 aliphatic heterocycles. The van der Waals surface area contributed by atoms with E-state index < -0.39 is 0 Å². The molecular formula is C32H56O2. The van der Waals surface area contributed by atoms with E-state index in [1.54, 1.807) is 0 Å². The Hall–Kier alpha value is -1.18. The third kappa shape index (κ3) is 9.12. The van der Waals surface area contributed by atoms with Crippen molar-refractivity contribution in [2.45, 2.75) is 150 Å². The number of ether oxygens (including phenoxy) is 2. The van der Waals surface area contributed by atoms with E-state index >= 15 is 0 Å². The molecule has 0 fully saturated rings. The smallest absolute Gasteiger partial charge is 0.123 e. The van der Waals surface area contributed by atoms with E-state index in [0.717, 1.165) is 37.4 Å². The van der Waals surface area contributed by atoms with Gasteiger partial charge in [-0.2, -0.15) is 0 Å². The molecule has 34 heavy (non-hydrogen) atoms. The maximum atomic E-state index is 6.51. The second-order valence-corrected chi connectivity index (χ2v) is 13.4. The first kappa shape index (κ1) is 29.1. The maximum Gasteiger partial charge on any atom is 0.123 e. The van der Waals surface area contributed by atoms with Gasteiger partial charge in [0.1, 0.15) is 17.1 Å². The van der Waals surface area contributed by atoms with Crippen molar-refractivity contribution in [1.29, 1.82) is 0 Å². The SMILES string of the molecule is CCCCCCCCCCCCOc1cc2c(cc1C(C)(C)CC(C)(C)C)OC(C)(C)C(C)C2. The first-order valence-electron chi connectivity index (χ1n) is 14.3. The standard InChI is InChI=1S/C32H56O2/c1-10-11-12-13-14-15-16-17-18-19-20-33-29-22-26-21-25(2)32(8,9)34-28(26)23-27(29)31(6,7)24-30(3,4)5/h22-23,25H,10-21,24H2,1-9H3. The Bertz CT molecular complexity index is 738. The fourth-order valence-electron chi connectivity index (χ4n) is 5.66. The molecule has 0 aliphatic carbocycles. The highest BCUT2D eigenvalue weighted by molar-refractivity contribution is 5.51. The Morgan fingerprint density at radius 1 is 0.882 bits per heavy atom. The molecule has 0 spiro atoms. The monoisotopic (exact) mass is 472 g/mol. The molecule has 0 bridgehead atoms. The molecule has 0 saturated carbocycles. The average Bonchev–Trinajstić information content (AvgIpc) is 2.70. The van der Waals surface area contributed by atoms with Crippen LogP contribution in [0.4, 0.5) is 0 Å². The van der Waals surface area contributed by atoms with Crippen LogP contribution in [-0.4, -0.2) is 12.2 Å².